The molecule has 0 heterocycles. The average Bonchev–Trinajstić information content (AvgIpc) is 2.25. The predicted molar refractivity (Wildman–Crippen MR) is 71.0 cm³/mol. The fourth-order valence-corrected chi connectivity index (χ4v) is 2.65. The third kappa shape index (κ3) is 3.72. The second kappa shape index (κ2) is 5.60. The van der Waals surface area contributed by atoms with Crippen LogP contribution in [0.4, 0.5) is 0 Å². The van der Waals surface area contributed by atoms with Gasteiger partial charge in [-0.3, -0.25) is 4.21 Å². The molecule has 3 heteroatoms. The molecule has 1 aromatic carbocycles. The normalized spacial score (nSPS) is 15.8. The summed E-state index contributed by atoms with van der Waals surface area (Å²) in [7, 11) is -0.848. The lowest BCUT2D eigenvalue weighted by Gasteiger charge is -2.22. The topological polar surface area (TPSA) is 43.1 Å². The maximum Gasteiger partial charge on any atom is 0.0375 e. The summed E-state index contributed by atoms with van der Waals surface area (Å²) >= 11 is 0. The standard InChI is InChI=1S/C13H21NOS/c1-13(2,3)16(15)10-12(9-14)11-7-5-4-6-8-11/h4-8,12H,9-10,14H2,1-3H3. The Labute approximate surface area is 101 Å². The van der Waals surface area contributed by atoms with E-state index in [0.717, 1.165) is 0 Å². The minimum atomic E-state index is -0.848. The molecule has 0 aliphatic heterocycles. The lowest BCUT2D eigenvalue weighted by Crippen LogP contribution is -2.29. The fraction of sp³-hybridized carbons (Fsp3) is 0.538. The van der Waals surface area contributed by atoms with Crippen LogP contribution in [0.1, 0.15) is 32.3 Å². The van der Waals surface area contributed by atoms with E-state index < -0.39 is 10.8 Å². The van der Waals surface area contributed by atoms with Crippen molar-refractivity contribution < 1.29 is 4.21 Å². The molecule has 0 amide bonds. The van der Waals surface area contributed by atoms with Crippen LogP contribution in [0.15, 0.2) is 30.3 Å². The van der Waals surface area contributed by atoms with Crippen LogP contribution >= 0.6 is 0 Å². The molecule has 0 aliphatic carbocycles. The minimum absolute atomic E-state index is 0.164. The van der Waals surface area contributed by atoms with Gasteiger partial charge in [-0.1, -0.05) is 30.3 Å². The number of hydrogen-bond acceptors (Lipinski definition) is 2. The average molecular weight is 239 g/mol. The molecule has 0 saturated heterocycles. The van der Waals surface area contributed by atoms with Crippen molar-refractivity contribution in [2.45, 2.75) is 31.4 Å². The van der Waals surface area contributed by atoms with Gasteiger partial charge in [0.05, 0.1) is 0 Å². The molecule has 2 unspecified atom stereocenters. The molecule has 0 aromatic heterocycles. The summed E-state index contributed by atoms with van der Waals surface area (Å²) in [6, 6.07) is 10.1. The van der Waals surface area contributed by atoms with Gasteiger partial charge < -0.3 is 5.73 Å². The lowest BCUT2D eigenvalue weighted by atomic mass is 10.0. The van der Waals surface area contributed by atoms with Crippen LogP contribution in [0.5, 0.6) is 0 Å². The molecule has 0 spiro atoms. The van der Waals surface area contributed by atoms with E-state index in [9.17, 15) is 4.21 Å². The SMILES string of the molecule is CC(C)(C)S(=O)CC(CN)c1ccccc1. The Hall–Kier alpha value is -0.670. The lowest BCUT2D eigenvalue weighted by molar-refractivity contribution is 0.638. The van der Waals surface area contributed by atoms with E-state index in [2.05, 4.69) is 12.1 Å². The zero-order valence-electron chi connectivity index (χ0n) is 10.3. The Morgan fingerprint density at radius 3 is 2.25 bits per heavy atom. The number of nitrogens with two attached hydrogens (primary N) is 1. The van der Waals surface area contributed by atoms with Gasteiger partial charge in [0.25, 0.3) is 0 Å². The van der Waals surface area contributed by atoms with Gasteiger partial charge in [0.15, 0.2) is 0 Å². The van der Waals surface area contributed by atoms with Crippen LogP contribution < -0.4 is 5.73 Å². The van der Waals surface area contributed by atoms with Crippen LogP contribution in [-0.2, 0) is 10.8 Å². The van der Waals surface area contributed by atoms with Crippen molar-refractivity contribution >= 4 is 10.8 Å². The molecule has 0 bridgehead atoms. The highest BCUT2D eigenvalue weighted by Crippen LogP contribution is 2.20. The van der Waals surface area contributed by atoms with Gasteiger partial charge in [-0.05, 0) is 26.3 Å². The van der Waals surface area contributed by atoms with Gasteiger partial charge in [-0.2, -0.15) is 0 Å². The van der Waals surface area contributed by atoms with Crippen molar-refractivity contribution in [1.82, 2.24) is 0 Å². The first-order valence-electron chi connectivity index (χ1n) is 5.58. The highest BCUT2D eigenvalue weighted by molar-refractivity contribution is 7.86. The van der Waals surface area contributed by atoms with Gasteiger partial charge in [0.2, 0.25) is 0 Å². The van der Waals surface area contributed by atoms with E-state index >= 15 is 0 Å². The quantitative estimate of drug-likeness (QED) is 0.876. The summed E-state index contributed by atoms with van der Waals surface area (Å²) in [6.07, 6.45) is 0. The molecule has 0 saturated carbocycles. The van der Waals surface area contributed by atoms with Gasteiger partial charge >= 0.3 is 0 Å². The molecule has 2 N–H and O–H groups in total. The van der Waals surface area contributed by atoms with Gasteiger partial charge in [0, 0.05) is 33.8 Å². The fourth-order valence-electron chi connectivity index (χ4n) is 1.46. The second-order valence-corrected chi connectivity index (χ2v) is 7.22. The van der Waals surface area contributed by atoms with Crippen molar-refractivity contribution in [3.63, 3.8) is 0 Å². The van der Waals surface area contributed by atoms with E-state index in [1.54, 1.807) is 0 Å². The van der Waals surface area contributed by atoms with Gasteiger partial charge in [-0.15, -0.1) is 0 Å². The smallest absolute Gasteiger partial charge is 0.0375 e. The van der Waals surface area contributed by atoms with Gasteiger partial charge in [0.1, 0.15) is 0 Å². The van der Waals surface area contributed by atoms with Crippen molar-refractivity contribution in [2.24, 2.45) is 5.73 Å². The van der Waals surface area contributed by atoms with Gasteiger partial charge in [-0.25, -0.2) is 0 Å². The first-order valence-corrected chi connectivity index (χ1v) is 6.90. The number of benzene rings is 1. The van der Waals surface area contributed by atoms with Crippen LogP contribution in [-0.4, -0.2) is 21.3 Å². The van der Waals surface area contributed by atoms with Crippen molar-refractivity contribution in [1.29, 1.82) is 0 Å². The van der Waals surface area contributed by atoms with Crippen molar-refractivity contribution in [3.8, 4) is 0 Å². The van der Waals surface area contributed by atoms with Crippen molar-refractivity contribution in [3.05, 3.63) is 35.9 Å². The Morgan fingerprint density at radius 2 is 1.81 bits per heavy atom. The van der Waals surface area contributed by atoms with Crippen molar-refractivity contribution in [2.75, 3.05) is 12.3 Å². The van der Waals surface area contributed by atoms with E-state index in [1.165, 1.54) is 5.56 Å². The summed E-state index contributed by atoms with van der Waals surface area (Å²) in [6.45, 7) is 6.55. The molecule has 90 valence electrons. The Kier molecular flexibility index (Phi) is 4.69. The van der Waals surface area contributed by atoms with E-state index in [4.69, 9.17) is 5.73 Å². The largest absolute Gasteiger partial charge is 0.330 e. The second-order valence-electron chi connectivity index (χ2n) is 4.97. The summed E-state index contributed by atoms with van der Waals surface area (Å²) in [5, 5.41) is 0. The molecule has 2 nitrogen and oxygen atoms in total. The van der Waals surface area contributed by atoms with E-state index in [1.807, 2.05) is 39.0 Å². The monoisotopic (exact) mass is 239 g/mol. The predicted octanol–water partition coefficient (Wildman–Crippen LogP) is 2.28. The Balaban J connectivity index is 2.75. The minimum Gasteiger partial charge on any atom is -0.330 e. The maximum atomic E-state index is 12.1. The molecule has 16 heavy (non-hydrogen) atoms. The van der Waals surface area contributed by atoms with Crippen LogP contribution in [0.3, 0.4) is 0 Å². The van der Waals surface area contributed by atoms with E-state index in [0.29, 0.717) is 12.3 Å². The summed E-state index contributed by atoms with van der Waals surface area (Å²) in [5.74, 6) is 0.838. The molecular formula is C13H21NOS. The number of rotatable bonds is 4. The molecule has 0 fully saturated rings. The number of hydrogen-bond donors (Lipinski definition) is 1. The molecule has 0 radical (unpaired) electrons. The molecule has 0 aliphatic rings. The molecule has 1 rings (SSSR count). The first-order chi connectivity index (χ1) is 7.45. The van der Waals surface area contributed by atoms with Crippen LogP contribution in [0, 0.1) is 0 Å². The van der Waals surface area contributed by atoms with Crippen LogP contribution in [0.2, 0.25) is 0 Å². The summed E-state index contributed by atoms with van der Waals surface area (Å²) in [4.78, 5) is 0. The zero-order valence-corrected chi connectivity index (χ0v) is 11.1. The van der Waals surface area contributed by atoms with E-state index in [-0.39, 0.29) is 10.7 Å². The molecule has 1 aromatic rings. The first kappa shape index (κ1) is 13.4. The summed E-state index contributed by atoms with van der Waals surface area (Å²) in [5.41, 5.74) is 6.94. The zero-order chi connectivity index (χ0) is 12.2. The summed E-state index contributed by atoms with van der Waals surface area (Å²) < 4.78 is 11.9. The maximum absolute atomic E-state index is 12.1. The Bertz CT molecular complexity index is 343. The van der Waals surface area contributed by atoms with Crippen LogP contribution in [0.25, 0.3) is 0 Å². The third-order valence-electron chi connectivity index (χ3n) is 2.59. The molecular weight excluding hydrogens is 218 g/mol. The third-order valence-corrected chi connectivity index (χ3v) is 4.66. The highest BCUT2D eigenvalue weighted by atomic mass is 32.2. The Morgan fingerprint density at radius 1 is 1.25 bits per heavy atom. The molecule has 2 atom stereocenters. The highest BCUT2D eigenvalue weighted by Gasteiger charge is 2.23.